The first kappa shape index (κ1) is 17.1. The zero-order valence-corrected chi connectivity index (χ0v) is 16.1. The quantitative estimate of drug-likeness (QED) is 0.510. The molecule has 1 aliphatic rings. The van der Waals surface area contributed by atoms with E-state index in [-0.39, 0.29) is 11.9 Å². The molecule has 1 atom stereocenters. The second kappa shape index (κ2) is 6.83. The van der Waals surface area contributed by atoms with E-state index in [0.29, 0.717) is 24.0 Å². The van der Waals surface area contributed by atoms with Crippen LogP contribution in [0.5, 0.6) is 0 Å². The first-order valence-electron chi connectivity index (χ1n) is 9.24. The molecule has 140 valence electrons. The first-order valence-corrected chi connectivity index (χ1v) is 10.1. The number of hydrogen-bond acceptors (Lipinski definition) is 6. The topological polar surface area (TPSA) is 72.1 Å². The van der Waals surface area contributed by atoms with Gasteiger partial charge in [0.15, 0.2) is 0 Å². The molecule has 1 fully saturated rings. The number of rotatable bonds is 3. The smallest absolute Gasteiger partial charge is 0.267 e. The molecule has 0 spiro atoms. The Bertz CT molecular complexity index is 1160. The minimum Gasteiger partial charge on any atom is -0.417 e. The highest BCUT2D eigenvalue weighted by Gasteiger charge is 2.35. The third kappa shape index (κ3) is 2.88. The Morgan fingerprint density at radius 1 is 1.25 bits per heavy atom. The van der Waals surface area contributed by atoms with Gasteiger partial charge in [0.25, 0.3) is 11.8 Å². The maximum absolute atomic E-state index is 12.9. The number of benzene rings is 1. The molecule has 1 saturated heterocycles. The van der Waals surface area contributed by atoms with Gasteiger partial charge in [-0.2, -0.15) is 0 Å². The van der Waals surface area contributed by atoms with Gasteiger partial charge in [-0.3, -0.25) is 9.78 Å². The van der Waals surface area contributed by atoms with Crippen LogP contribution < -0.4 is 0 Å². The molecule has 1 aliphatic heterocycles. The van der Waals surface area contributed by atoms with Gasteiger partial charge in [0.2, 0.25) is 5.89 Å². The maximum atomic E-state index is 12.9. The van der Waals surface area contributed by atoms with Gasteiger partial charge >= 0.3 is 0 Å². The molecule has 4 heterocycles. The number of aromatic nitrogens is 3. The second-order valence-electron chi connectivity index (χ2n) is 6.97. The van der Waals surface area contributed by atoms with Crippen LogP contribution in [0.1, 0.15) is 40.0 Å². The average molecular weight is 390 g/mol. The summed E-state index contributed by atoms with van der Waals surface area (Å²) >= 11 is 1.48. The largest absolute Gasteiger partial charge is 0.417 e. The molecule has 3 aromatic heterocycles. The number of pyridine rings is 1. The third-order valence-corrected chi connectivity index (χ3v) is 6.09. The van der Waals surface area contributed by atoms with Crippen LogP contribution >= 0.6 is 11.3 Å². The highest BCUT2D eigenvalue weighted by molar-refractivity contribution is 7.12. The highest BCUT2D eigenvalue weighted by Crippen LogP contribution is 2.35. The summed E-state index contributed by atoms with van der Waals surface area (Å²) in [6.45, 7) is 2.70. The first-order chi connectivity index (χ1) is 13.7. The summed E-state index contributed by atoms with van der Waals surface area (Å²) < 4.78 is 6.01. The van der Waals surface area contributed by atoms with Crippen molar-refractivity contribution in [1.82, 2.24) is 20.1 Å². The molecule has 0 bridgehead atoms. The summed E-state index contributed by atoms with van der Waals surface area (Å²) in [6, 6.07) is 11.7. The van der Waals surface area contributed by atoms with Crippen LogP contribution in [-0.2, 0) is 0 Å². The summed E-state index contributed by atoms with van der Waals surface area (Å²) in [4.78, 5) is 20.0. The van der Waals surface area contributed by atoms with E-state index < -0.39 is 0 Å². The second-order valence-corrected chi connectivity index (χ2v) is 7.88. The molecule has 0 aliphatic carbocycles. The molecule has 0 saturated carbocycles. The molecule has 0 radical (unpaired) electrons. The molecule has 5 rings (SSSR count). The Balaban J connectivity index is 1.47. The lowest BCUT2D eigenvalue weighted by atomic mass is 10.1. The molecular weight excluding hydrogens is 372 g/mol. The van der Waals surface area contributed by atoms with E-state index in [2.05, 4.69) is 15.2 Å². The van der Waals surface area contributed by atoms with Crippen LogP contribution in [0.25, 0.3) is 22.4 Å². The third-order valence-electron chi connectivity index (χ3n) is 5.06. The minimum absolute atomic E-state index is 0.0311. The molecule has 4 aromatic rings. The van der Waals surface area contributed by atoms with E-state index in [4.69, 9.17) is 4.42 Å². The van der Waals surface area contributed by atoms with E-state index in [1.807, 2.05) is 53.6 Å². The molecule has 28 heavy (non-hydrogen) atoms. The SMILES string of the molecule is Cc1csc(C(=O)N2CCC[C@@H]2c2nnc(-c3nccc4ccccc34)o2)c1. The van der Waals surface area contributed by atoms with Crippen molar-refractivity contribution in [2.45, 2.75) is 25.8 Å². The van der Waals surface area contributed by atoms with Crippen LogP contribution in [0.15, 0.2) is 52.4 Å². The van der Waals surface area contributed by atoms with Gasteiger partial charge in [-0.15, -0.1) is 21.5 Å². The van der Waals surface area contributed by atoms with E-state index in [9.17, 15) is 4.79 Å². The zero-order valence-electron chi connectivity index (χ0n) is 15.3. The van der Waals surface area contributed by atoms with Crippen LogP contribution in [0, 0.1) is 6.92 Å². The molecule has 1 aromatic carbocycles. The summed E-state index contributed by atoms with van der Waals surface area (Å²) in [5.74, 6) is 0.894. The Morgan fingerprint density at radius 3 is 3.00 bits per heavy atom. The summed E-state index contributed by atoms with van der Waals surface area (Å²) in [6.07, 6.45) is 3.48. The lowest BCUT2D eigenvalue weighted by Gasteiger charge is -2.21. The maximum Gasteiger partial charge on any atom is 0.267 e. The summed E-state index contributed by atoms with van der Waals surface area (Å²) in [5, 5.41) is 12.5. The normalized spacial score (nSPS) is 16.8. The van der Waals surface area contributed by atoms with Crippen LogP contribution in [0.4, 0.5) is 0 Å². The van der Waals surface area contributed by atoms with Crippen molar-refractivity contribution in [3.05, 3.63) is 64.3 Å². The van der Waals surface area contributed by atoms with Gasteiger partial charge in [-0.05, 0) is 48.2 Å². The number of thiophene rings is 1. The Hall–Kier alpha value is -3.06. The van der Waals surface area contributed by atoms with Crippen molar-refractivity contribution < 1.29 is 9.21 Å². The van der Waals surface area contributed by atoms with Crippen molar-refractivity contribution in [2.75, 3.05) is 6.54 Å². The highest BCUT2D eigenvalue weighted by atomic mass is 32.1. The van der Waals surface area contributed by atoms with Crippen molar-refractivity contribution in [2.24, 2.45) is 0 Å². The number of carbonyl (C=O) groups excluding carboxylic acids is 1. The Labute approximate surface area is 165 Å². The van der Waals surface area contributed by atoms with E-state index in [1.165, 1.54) is 11.3 Å². The average Bonchev–Trinajstić information content (AvgIpc) is 3.47. The lowest BCUT2D eigenvalue weighted by Crippen LogP contribution is -2.30. The van der Waals surface area contributed by atoms with Crippen molar-refractivity contribution in [1.29, 1.82) is 0 Å². The number of carbonyl (C=O) groups is 1. The van der Waals surface area contributed by atoms with Crippen LogP contribution in [0.3, 0.4) is 0 Å². The monoisotopic (exact) mass is 390 g/mol. The van der Waals surface area contributed by atoms with Crippen molar-refractivity contribution in [3.8, 4) is 11.6 Å². The number of hydrogen-bond donors (Lipinski definition) is 0. The molecule has 0 unspecified atom stereocenters. The summed E-state index contributed by atoms with van der Waals surface area (Å²) in [7, 11) is 0. The number of amides is 1. The predicted molar refractivity (Wildman–Crippen MR) is 107 cm³/mol. The number of nitrogens with zero attached hydrogens (tertiary/aromatic N) is 4. The Morgan fingerprint density at radius 2 is 2.14 bits per heavy atom. The predicted octanol–water partition coefficient (Wildman–Crippen LogP) is 4.63. The van der Waals surface area contributed by atoms with E-state index in [0.717, 1.165) is 34.1 Å². The van der Waals surface area contributed by atoms with Gasteiger partial charge < -0.3 is 9.32 Å². The fourth-order valence-electron chi connectivity index (χ4n) is 3.71. The van der Waals surface area contributed by atoms with Crippen LogP contribution in [0.2, 0.25) is 0 Å². The van der Waals surface area contributed by atoms with Gasteiger partial charge in [0.05, 0.1) is 4.88 Å². The molecule has 1 amide bonds. The molecule has 6 nitrogen and oxygen atoms in total. The standard InChI is InChI=1S/C21H18N4O2S/c1-13-11-17(28-12-13)21(26)25-10-4-7-16(25)19-23-24-20(27-19)18-15-6-3-2-5-14(15)8-9-22-18/h2-3,5-6,8-9,11-12,16H,4,7,10H2,1H3/t16-/m1/s1. The van der Waals surface area contributed by atoms with Gasteiger partial charge in [-0.25, -0.2) is 0 Å². The zero-order chi connectivity index (χ0) is 19.1. The Kier molecular flexibility index (Phi) is 4.16. The molecule has 7 heteroatoms. The van der Waals surface area contributed by atoms with Gasteiger partial charge in [0.1, 0.15) is 11.7 Å². The summed E-state index contributed by atoms with van der Waals surface area (Å²) in [5.41, 5.74) is 1.77. The van der Waals surface area contributed by atoms with Crippen molar-refractivity contribution in [3.63, 3.8) is 0 Å². The fraction of sp³-hybridized carbons (Fsp3) is 0.238. The van der Waals surface area contributed by atoms with E-state index >= 15 is 0 Å². The number of aryl methyl sites for hydroxylation is 1. The molecule has 0 N–H and O–H groups in total. The lowest BCUT2D eigenvalue weighted by molar-refractivity contribution is 0.0721. The molecular formula is C21H18N4O2S. The fourth-order valence-corrected chi connectivity index (χ4v) is 4.56. The van der Waals surface area contributed by atoms with Gasteiger partial charge in [0, 0.05) is 18.1 Å². The van der Waals surface area contributed by atoms with Gasteiger partial charge in [-0.1, -0.05) is 24.3 Å². The number of likely N-dealkylation sites (tertiary alicyclic amines) is 1. The van der Waals surface area contributed by atoms with E-state index in [1.54, 1.807) is 6.20 Å². The van der Waals surface area contributed by atoms with Crippen LogP contribution in [-0.4, -0.2) is 32.5 Å². The van der Waals surface area contributed by atoms with Crippen molar-refractivity contribution >= 4 is 28.0 Å². The number of fused-ring (bicyclic) bond motifs is 1. The minimum atomic E-state index is -0.189.